The van der Waals surface area contributed by atoms with Crippen molar-refractivity contribution in [3.8, 4) is 0 Å². The Bertz CT molecular complexity index is 542. The van der Waals surface area contributed by atoms with E-state index in [4.69, 9.17) is 17.0 Å². The van der Waals surface area contributed by atoms with Crippen molar-refractivity contribution >= 4 is 28.9 Å². The first-order chi connectivity index (χ1) is 10.7. The van der Waals surface area contributed by atoms with Gasteiger partial charge in [-0.05, 0) is 37.2 Å². The molecular formula is C16H21N3O2S. The summed E-state index contributed by atoms with van der Waals surface area (Å²) in [6.45, 7) is 5.50. The van der Waals surface area contributed by atoms with Gasteiger partial charge in [-0.2, -0.15) is 0 Å². The quantitative estimate of drug-likeness (QED) is 0.553. The Hall–Kier alpha value is -1.92. The third-order valence-electron chi connectivity index (χ3n) is 3.34. The van der Waals surface area contributed by atoms with Gasteiger partial charge < -0.3 is 20.7 Å². The number of amides is 1. The lowest BCUT2D eigenvalue weighted by atomic mass is 10.1. The number of benzene rings is 1. The van der Waals surface area contributed by atoms with Crippen LogP contribution < -0.4 is 16.0 Å². The van der Waals surface area contributed by atoms with E-state index in [2.05, 4.69) is 22.5 Å². The highest BCUT2D eigenvalue weighted by Gasteiger charge is 2.18. The Balaban J connectivity index is 1.95. The second kappa shape index (κ2) is 8.51. The van der Waals surface area contributed by atoms with Crippen molar-refractivity contribution in [1.29, 1.82) is 0 Å². The maximum Gasteiger partial charge on any atom is 0.253 e. The fourth-order valence-corrected chi connectivity index (χ4v) is 2.42. The number of carbonyl (C=O) groups is 1. The van der Waals surface area contributed by atoms with Gasteiger partial charge in [0.2, 0.25) is 0 Å². The Morgan fingerprint density at radius 3 is 2.95 bits per heavy atom. The Morgan fingerprint density at radius 1 is 1.41 bits per heavy atom. The molecule has 1 saturated heterocycles. The van der Waals surface area contributed by atoms with Gasteiger partial charge in [-0.25, -0.2) is 0 Å². The van der Waals surface area contributed by atoms with E-state index in [0.717, 1.165) is 19.4 Å². The summed E-state index contributed by atoms with van der Waals surface area (Å²) in [5, 5.41) is 9.38. The Kier molecular flexibility index (Phi) is 6.36. The topological polar surface area (TPSA) is 62.4 Å². The molecule has 0 radical (unpaired) electrons. The summed E-state index contributed by atoms with van der Waals surface area (Å²) in [5.41, 5.74) is 1.23. The minimum Gasteiger partial charge on any atom is -0.376 e. The SMILES string of the molecule is C=CCNC(=S)Nc1ccccc1C(=O)NCC1CCCO1. The van der Waals surface area contributed by atoms with E-state index in [0.29, 0.717) is 29.5 Å². The van der Waals surface area contributed by atoms with Crippen LogP contribution in [0.15, 0.2) is 36.9 Å². The van der Waals surface area contributed by atoms with Gasteiger partial charge in [0, 0.05) is 19.7 Å². The molecule has 0 bridgehead atoms. The lowest BCUT2D eigenvalue weighted by molar-refractivity contribution is 0.0858. The molecule has 22 heavy (non-hydrogen) atoms. The number of rotatable bonds is 6. The summed E-state index contributed by atoms with van der Waals surface area (Å²) in [5.74, 6) is -0.134. The second-order valence-electron chi connectivity index (χ2n) is 5.01. The average Bonchev–Trinajstić information content (AvgIpc) is 3.04. The van der Waals surface area contributed by atoms with E-state index in [9.17, 15) is 4.79 Å². The first kappa shape index (κ1) is 16.5. The standard InChI is InChI=1S/C16H21N3O2S/c1-2-9-17-16(22)19-14-8-4-3-7-13(14)15(20)18-11-12-6-5-10-21-12/h2-4,7-8,12H,1,5-6,9-11H2,(H,18,20)(H2,17,19,22). The van der Waals surface area contributed by atoms with Crippen LogP contribution in [0, 0.1) is 0 Å². The van der Waals surface area contributed by atoms with Crippen LogP contribution in [0.2, 0.25) is 0 Å². The molecule has 0 aliphatic carbocycles. The van der Waals surface area contributed by atoms with Crippen LogP contribution in [0.4, 0.5) is 5.69 Å². The van der Waals surface area contributed by atoms with Gasteiger partial charge in [0.05, 0.1) is 17.4 Å². The summed E-state index contributed by atoms with van der Waals surface area (Å²) < 4.78 is 5.51. The van der Waals surface area contributed by atoms with Gasteiger partial charge in [0.1, 0.15) is 0 Å². The Morgan fingerprint density at radius 2 is 2.23 bits per heavy atom. The van der Waals surface area contributed by atoms with Crippen molar-refractivity contribution in [2.24, 2.45) is 0 Å². The maximum absolute atomic E-state index is 12.3. The van der Waals surface area contributed by atoms with E-state index in [1.54, 1.807) is 12.1 Å². The molecule has 6 heteroatoms. The third-order valence-corrected chi connectivity index (χ3v) is 3.59. The monoisotopic (exact) mass is 319 g/mol. The highest BCUT2D eigenvalue weighted by Crippen LogP contribution is 2.16. The molecule has 1 aromatic rings. The van der Waals surface area contributed by atoms with Gasteiger partial charge in [0.25, 0.3) is 5.91 Å². The summed E-state index contributed by atoms with van der Waals surface area (Å²) in [7, 11) is 0. The molecule has 0 spiro atoms. The average molecular weight is 319 g/mol. The van der Waals surface area contributed by atoms with Crippen LogP contribution in [0.5, 0.6) is 0 Å². The van der Waals surface area contributed by atoms with Gasteiger partial charge in [0.15, 0.2) is 5.11 Å². The maximum atomic E-state index is 12.3. The molecule has 1 aromatic carbocycles. The molecule has 1 heterocycles. The zero-order valence-electron chi connectivity index (χ0n) is 12.4. The smallest absolute Gasteiger partial charge is 0.253 e. The highest BCUT2D eigenvalue weighted by atomic mass is 32.1. The Labute approximate surface area is 136 Å². The van der Waals surface area contributed by atoms with Crippen LogP contribution in [0.1, 0.15) is 23.2 Å². The van der Waals surface area contributed by atoms with E-state index in [1.807, 2.05) is 18.2 Å². The molecule has 0 saturated carbocycles. The van der Waals surface area contributed by atoms with Gasteiger partial charge in [-0.3, -0.25) is 4.79 Å². The molecule has 118 valence electrons. The predicted octanol–water partition coefficient (Wildman–Crippen LogP) is 2.07. The molecule has 1 amide bonds. The summed E-state index contributed by atoms with van der Waals surface area (Å²) in [6.07, 6.45) is 3.89. The van der Waals surface area contributed by atoms with Crippen molar-refractivity contribution in [3.63, 3.8) is 0 Å². The molecule has 0 aromatic heterocycles. The highest BCUT2D eigenvalue weighted by molar-refractivity contribution is 7.80. The molecule has 2 rings (SSSR count). The normalized spacial score (nSPS) is 16.8. The molecule has 1 fully saturated rings. The number of carbonyl (C=O) groups excluding carboxylic acids is 1. The molecular weight excluding hydrogens is 298 g/mol. The van der Waals surface area contributed by atoms with Gasteiger partial charge >= 0.3 is 0 Å². The summed E-state index contributed by atoms with van der Waals surface area (Å²) in [6, 6.07) is 7.27. The van der Waals surface area contributed by atoms with Crippen molar-refractivity contribution in [2.75, 3.05) is 25.0 Å². The molecule has 1 atom stereocenters. The number of anilines is 1. The predicted molar refractivity (Wildman–Crippen MR) is 92.2 cm³/mol. The van der Waals surface area contributed by atoms with Gasteiger partial charge in [-0.15, -0.1) is 6.58 Å². The fraction of sp³-hybridized carbons (Fsp3) is 0.375. The lowest BCUT2D eigenvalue weighted by Gasteiger charge is -2.15. The second-order valence-corrected chi connectivity index (χ2v) is 5.42. The molecule has 1 unspecified atom stereocenters. The number of nitrogens with one attached hydrogen (secondary N) is 3. The van der Waals surface area contributed by atoms with E-state index >= 15 is 0 Å². The van der Waals surface area contributed by atoms with E-state index in [1.165, 1.54) is 0 Å². The molecule has 1 aliphatic heterocycles. The minimum atomic E-state index is -0.134. The van der Waals surface area contributed by atoms with Gasteiger partial charge in [-0.1, -0.05) is 18.2 Å². The first-order valence-electron chi connectivity index (χ1n) is 7.35. The van der Waals surface area contributed by atoms with E-state index in [-0.39, 0.29) is 12.0 Å². The first-order valence-corrected chi connectivity index (χ1v) is 7.76. The van der Waals surface area contributed by atoms with Crippen molar-refractivity contribution in [2.45, 2.75) is 18.9 Å². The lowest BCUT2D eigenvalue weighted by Crippen LogP contribution is -2.33. The largest absolute Gasteiger partial charge is 0.376 e. The third kappa shape index (κ3) is 4.82. The summed E-state index contributed by atoms with van der Waals surface area (Å²) >= 11 is 5.18. The fourth-order valence-electron chi connectivity index (χ4n) is 2.23. The zero-order chi connectivity index (χ0) is 15.8. The number of hydrogen-bond donors (Lipinski definition) is 3. The number of para-hydroxylation sites is 1. The molecule has 3 N–H and O–H groups in total. The van der Waals surface area contributed by atoms with Crippen molar-refractivity contribution in [1.82, 2.24) is 10.6 Å². The van der Waals surface area contributed by atoms with Crippen LogP contribution >= 0.6 is 12.2 Å². The molecule has 5 nitrogen and oxygen atoms in total. The number of ether oxygens (including phenoxy) is 1. The summed E-state index contributed by atoms with van der Waals surface area (Å²) in [4.78, 5) is 12.3. The van der Waals surface area contributed by atoms with Crippen molar-refractivity contribution in [3.05, 3.63) is 42.5 Å². The van der Waals surface area contributed by atoms with Crippen LogP contribution in [0.3, 0.4) is 0 Å². The van der Waals surface area contributed by atoms with Crippen molar-refractivity contribution < 1.29 is 9.53 Å². The number of hydrogen-bond acceptors (Lipinski definition) is 3. The van der Waals surface area contributed by atoms with E-state index < -0.39 is 0 Å². The molecule has 1 aliphatic rings. The number of thiocarbonyl (C=S) groups is 1. The van der Waals surface area contributed by atoms with Crippen LogP contribution in [-0.2, 0) is 4.74 Å². The van der Waals surface area contributed by atoms with Crippen LogP contribution in [-0.4, -0.2) is 36.8 Å². The zero-order valence-corrected chi connectivity index (χ0v) is 13.2. The minimum absolute atomic E-state index is 0.124. The van der Waals surface area contributed by atoms with Crippen LogP contribution in [0.25, 0.3) is 0 Å².